The third-order valence-electron chi connectivity index (χ3n) is 4.05. The van der Waals surface area contributed by atoms with Gasteiger partial charge >= 0.3 is 0 Å². The van der Waals surface area contributed by atoms with Crippen molar-refractivity contribution in [2.24, 2.45) is 17.6 Å². The Labute approximate surface area is 158 Å². The summed E-state index contributed by atoms with van der Waals surface area (Å²) in [5.41, 5.74) is 6.48. The van der Waals surface area contributed by atoms with Crippen LogP contribution in [-0.4, -0.2) is 39.5 Å². The van der Waals surface area contributed by atoms with Gasteiger partial charge in [0, 0.05) is 18.0 Å². The Morgan fingerprint density at radius 3 is 2.56 bits per heavy atom. The highest BCUT2D eigenvalue weighted by Gasteiger charge is 2.25. The smallest absolute Gasteiger partial charge is 0.249 e. The first-order valence-electron chi connectivity index (χ1n) is 8.86. The van der Waals surface area contributed by atoms with Crippen molar-refractivity contribution in [3.63, 3.8) is 0 Å². The fourth-order valence-corrected chi connectivity index (χ4v) is 2.30. The molecule has 2 atom stereocenters. The Balaban J connectivity index is 2.00. The van der Waals surface area contributed by atoms with Crippen LogP contribution >= 0.6 is 0 Å². The van der Waals surface area contributed by atoms with E-state index in [-0.39, 0.29) is 30.2 Å². The molecule has 0 spiro atoms. The van der Waals surface area contributed by atoms with E-state index in [1.807, 2.05) is 33.8 Å². The monoisotopic (exact) mass is 374 g/mol. The molecule has 0 radical (unpaired) electrons. The van der Waals surface area contributed by atoms with Crippen molar-refractivity contribution in [3.8, 4) is 11.4 Å². The number of nitrogens with one attached hydrogen (secondary N) is 2. The fourth-order valence-electron chi connectivity index (χ4n) is 2.30. The van der Waals surface area contributed by atoms with E-state index in [1.165, 1.54) is 0 Å². The summed E-state index contributed by atoms with van der Waals surface area (Å²) >= 11 is 0. The van der Waals surface area contributed by atoms with Gasteiger partial charge in [0.05, 0.1) is 12.6 Å². The lowest BCUT2D eigenvalue weighted by Gasteiger charge is -2.19. The summed E-state index contributed by atoms with van der Waals surface area (Å²) in [4.78, 5) is 32.5. The van der Waals surface area contributed by atoms with Crippen LogP contribution < -0.4 is 16.4 Å². The van der Waals surface area contributed by atoms with Crippen LogP contribution in [0, 0.1) is 11.8 Å². The fraction of sp³-hybridized carbons (Fsp3) is 0.500. The summed E-state index contributed by atoms with van der Waals surface area (Å²) in [5.74, 6) is -0.0424. The molecule has 0 aliphatic carbocycles. The van der Waals surface area contributed by atoms with Crippen molar-refractivity contribution in [2.45, 2.75) is 39.8 Å². The quantitative estimate of drug-likeness (QED) is 0.628. The van der Waals surface area contributed by atoms with E-state index in [0.717, 1.165) is 5.56 Å². The highest BCUT2D eigenvalue weighted by molar-refractivity contribution is 5.87. The molecule has 0 saturated heterocycles. The van der Waals surface area contributed by atoms with Gasteiger partial charge in [0.2, 0.25) is 23.5 Å². The number of carbonyl (C=O) groups is 2. The number of carbonyl (C=O) groups excluding carboxylic acids is 2. The Morgan fingerprint density at radius 1 is 1.22 bits per heavy atom. The lowest BCUT2D eigenvalue weighted by atomic mass is 10.0. The molecule has 27 heavy (non-hydrogen) atoms. The van der Waals surface area contributed by atoms with Crippen molar-refractivity contribution >= 4 is 11.8 Å². The summed E-state index contributed by atoms with van der Waals surface area (Å²) in [5, 5.41) is 9.30. The lowest BCUT2D eigenvalue weighted by Crippen LogP contribution is -2.47. The normalized spacial score (nSPS) is 13.4. The van der Waals surface area contributed by atoms with Gasteiger partial charge in [0.25, 0.3) is 0 Å². The van der Waals surface area contributed by atoms with Crippen LogP contribution in [0.1, 0.15) is 39.6 Å². The van der Waals surface area contributed by atoms with Crippen LogP contribution in [0.25, 0.3) is 11.4 Å². The van der Waals surface area contributed by atoms with Crippen LogP contribution in [0.2, 0.25) is 0 Å². The molecule has 2 aromatic rings. The number of aromatic nitrogens is 3. The van der Waals surface area contributed by atoms with Crippen LogP contribution in [0.15, 0.2) is 29.0 Å². The number of nitrogens with zero attached hydrogens (tertiary/aromatic N) is 3. The zero-order valence-electron chi connectivity index (χ0n) is 16.0. The average molecular weight is 374 g/mol. The third kappa shape index (κ3) is 5.58. The summed E-state index contributed by atoms with van der Waals surface area (Å²) in [6.07, 6.45) is 3.28. The molecule has 0 fully saturated rings. The molecule has 4 N–H and O–H groups in total. The second-order valence-electron chi connectivity index (χ2n) is 6.97. The van der Waals surface area contributed by atoms with Crippen LogP contribution in [0.4, 0.5) is 0 Å². The van der Waals surface area contributed by atoms with Gasteiger partial charge in [-0.3, -0.25) is 14.6 Å². The number of hydrogen-bond acceptors (Lipinski definition) is 7. The van der Waals surface area contributed by atoms with E-state index in [0.29, 0.717) is 11.7 Å². The van der Waals surface area contributed by atoms with E-state index >= 15 is 0 Å². The van der Waals surface area contributed by atoms with Gasteiger partial charge in [0.15, 0.2) is 0 Å². The molecule has 146 valence electrons. The van der Waals surface area contributed by atoms with Gasteiger partial charge in [0.1, 0.15) is 6.04 Å². The molecule has 0 saturated carbocycles. The molecule has 1 unspecified atom stereocenters. The van der Waals surface area contributed by atoms with Crippen molar-refractivity contribution in [2.75, 3.05) is 6.54 Å². The van der Waals surface area contributed by atoms with Gasteiger partial charge in [-0.25, -0.2) is 0 Å². The van der Waals surface area contributed by atoms with Gasteiger partial charge in [-0.15, -0.1) is 0 Å². The molecule has 2 amide bonds. The van der Waals surface area contributed by atoms with Crippen LogP contribution in [0.3, 0.4) is 0 Å². The minimum Gasteiger partial charge on any atom is -0.346 e. The van der Waals surface area contributed by atoms with Crippen molar-refractivity contribution in [1.82, 2.24) is 25.8 Å². The second-order valence-corrected chi connectivity index (χ2v) is 6.97. The number of amides is 2. The summed E-state index contributed by atoms with van der Waals surface area (Å²) in [7, 11) is 0. The van der Waals surface area contributed by atoms with Crippen LogP contribution in [-0.2, 0) is 9.59 Å². The zero-order chi connectivity index (χ0) is 20.0. The minimum absolute atomic E-state index is 0.00442. The van der Waals surface area contributed by atoms with E-state index in [1.54, 1.807) is 18.5 Å². The van der Waals surface area contributed by atoms with Crippen molar-refractivity contribution in [1.29, 1.82) is 0 Å². The Kier molecular flexibility index (Phi) is 7.00. The summed E-state index contributed by atoms with van der Waals surface area (Å²) in [6.45, 7) is 7.35. The van der Waals surface area contributed by atoms with Crippen molar-refractivity contribution in [3.05, 3.63) is 30.4 Å². The average Bonchev–Trinajstić information content (AvgIpc) is 3.13. The van der Waals surface area contributed by atoms with Crippen molar-refractivity contribution < 1.29 is 14.1 Å². The number of pyridine rings is 1. The third-order valence-corrected chi connectivity index (χ3v) is 4.05. The maximum Gasteiger partial charge on any atom is 0.249 e. The summed E-state index contributed by atoms with van der Waals surface area (Å²) in [6, 6.07) is 2.46. The maximum atomic E-state index is 12.2. The minimum atomic E-state index is -0.656. The van der Waals surface area contributed by atoms with E-state index in [2.05, 4.69) is 25.8 Å². The highest BCUT2D eigenvalue weighted by atomic mass is 16.5. The Morgan fingerprint density at radius 2 is 1.96 bits per heavy atom. The first kappa shape index (κ1) is 20.5. The first-order valence-corrected chi connectivity index (χ1v) is 8.86. The SMILES string of the molecule is CC(C)C(NC(=O)CNC(=O)[C@@H](N)C(C)C)c1nc(-c2cccnc2)no1. The van der Waals surface area contributed by atoms with Crippen LogP contribution in [0.5, 0.6) is 0 Å². The van der Waals surface area contributed by atoms with E-state index in [4.69, 9.17) is 10.3 Å². The molecular weight excluding hydrogens is 348 g/mol. The van der Waals surface area contributed by atoms with E-state index in [9.17, 15) is 9.59 Å². The highest BCUT2D eigenvalue weighted by Crippen LogP contribution is 2.23. The number of hydrogen-bond donors (Lipinski definition) is 3. The topological polar surface area (TPSA) is 136 Å². The molecular formula is C18H26N6O3. The Hall–Kier alpha value is -2.81. The van der Waals surface area contributed by atoms with Gasteiger partial charge < -0.3 is 20.9 Å². The second kappa shape index (κ2) is 9.22. The number of rotatable bonds is 8. The predicted molar refractivity (Wildman–Crippen MR) is 99.1 cm³/mol. The molecule has 9 nitrogen and oxygen atoms in total. The molecule has 9 heteroatoms. The van der Waals surface area contributed by atoms with E-state index < -0.39 is 12.1 Å². The molecule has 2 aromatic heterocycles. The molecule has 0 aliphatic heterocycles. The predicted octanol–water partition coefficient (Wildman–Crippen LogP) is 1.04. The maximum absolute atomic E-state index is 12.2. The Bertz CT molecular complexity index is 759. The lowest BCUT2D eigenvalue weighted by molar-refractivity contribution is -0.127. The van der Waals surface area contributed by atoms with Gasteiger partial charge in [-0.2, -0.15) is 4.98 Å². The molecule has 2 heterocycles. The number of nitrogens with two attached hydrogens (primary N) is 1. The van der Waals surface area contributed by atoms with Gasteiger partial charge in [-0.1, -0.05) is 32.9 Å². The molecule has 0 aromatic carbocycles. The standard InChI is InChI=1S/C18H26N6O3/c1-10(2)14(19)17(26)21-9-13(25)22-15(11(3)4)18-23-16(24-27-18)12-6-5-7-20-8-12/h5-8,10-11,14-15H,9,19H2,1-4H3,(H,21,26)(H,22,25)/t14-,15?/m0/s1. The first-order chi connectivity index (χ1) is 12.8. The molecule has 0 aliphatic rings. The summed E-state index contributed by atoms with van der Waals surface area (Å²) < 4.78 is 5.33. The molecule has 2 rings (SSSR count). The van der Waals surface area contributed by atoms with Gasteiger partial charge in [-0.05, 0) is 24.0 Å². The molecule has 0 bridgehead atoms. The largest absolute Gasteiger partial charge is 0.346 e. The zero-order valence-corrected chi connectivity index (χ0v) is 16.0.